The van der Waals surface area contributed by atoms with Crippen LogP contribution in [-0.2, 0) is 7.05 Å². The summed E-state index contributed by atoms with van der Waals surface area (Å²) in [5.41, 5.74) is -0.637. The van der Waals surface area contributed by atoms with Crippen LogP contribution < -0.4 is 5.56 Å². The van der Waals surface area contributed by atoms with Crippen molar-refractivity contribution in [3.8, 4) is 5.75 Å². The molecule has 0 radical (unpaired) electrons. The van der Waals surface area contributed by atoms with Crippen LogP contribution in [0, 0.1) is 0 Å². The van der Waals surface area contributed by atoms with Crippen molar-refractivity contribution in [1.82, 2.24) is 9.55 Å². The lowest BCUT2D eigenvalue weighted by molar-refractivity contribution is 0.100. The molecule has 1 aliphatic rings. The normalized spacial score (nSPS) is 16.4. The summed E-state index contributed by atoms with van der Waals surface area (Å²) in [4.78, 5) is 27.3. The molecule has 1 aromatic rings. The van der Waals surface area contributed by atoms with Crippen molar-refractivity contribution in [2.45, 2.75) is 38.5 Å². The van der Waals surface area contributed by atoms with Crippen molar-refractivity contribution in [2.75, 3.05) is 0 Å². The van der Waals surface area contributed by atoms with E-state index >= 15 is 0 Å². The Bertz CT molecular complexity index is 513. The fraction of sp³-hybridized carbons (Fsp3) is 0.583. The van der Waals surface area contributed by atoms with E-state index in [4.69, 9.17) is 0 Å². The number of nitrogens with zero attached hydrogens (tertiary/aromatic N) is 2. The highest BCUT2D eigenvalue weighted by Gasteiger charge is 2.24. The number of carbonyl (C=O) groups is 1. The van der Waals surface area contributed by atoms with Crippen LogP contribution in [0.4, 0.5) is 0 Å². The molecule has 1 aliphatic carbocycles. The van der Waals surface area contributed by atoms with Crippen molar-refractivity contribution < 1.29 is 9.90 Å². The van der Waals surface area contributed by atoms with Crippen molar-refractivity contribution in [3.63, 3.8) is 0 Å². The van der Waals surface area contributed by atoms with Crippen LogP contribution in [-0.4, -0.2) is 20.4 Å². The van der Waals surface area contributed by atoms with Gasteiger partial charge in [0.25, 0.3) is 5.56 Å². The van der Waals surface area contributed by atoms with Crippen molar-refractivity contribution in [2.24, 2.45) is 7.05 Å². The van der Waals surface area contributed by atoms with Gasteiger partial charge in [-0.1, -0.05) is 12.8 Å². The number of Topliss-reactive ketones (excluding diaryl/α,β-unsaturated/α-hetero) is 1. The first-order chi connectivity index (χ1) is 8.02. The minimum atomic E-state index is -0.540. The molecule has 5 heteroatoms. The molecule has 0 spiro atoms. The highest BCUT2D eigenvalue weighted by Crippen LogP contribution is 2.32. The molecule has 17 heavy (non-hydrogen) atoms. The first kappa shape index (κ1) is 11.8. The average Bonchev–Trinajstić information content (AvgIpc) is 2.79. The van der Waals surface area contributed by atoms with Gasteiger partial charge in [-0.2, -0.15) is 0 Å². The van der Waals surface area contributed by atoms with Gasteiger partial charge in [0.05, 0.1) is 0 Å². The third kappa shape index (κ3) is 1.97. The van der Waals surface area contributed by atoms with Crippen LogP contribution in [0.2, 0.25) is 0 Å². The van der Waals surface area contributed by atoms with Gasteiger partial charge in [0, 0.05) is 19.9 Å². The van der Waals surface area contributed by atoms with Crippen LogP contribution in [0.3, 0.4) is 0 Å². The lowest BCUT2D eigenvalue weighted by Crippen LogP contribution is -2.25. The Hall–Kier alpha value is -1.65. The Morgan fingerprint density at radius 3 is 2.53 bits per heavy atom. The van der Waals surface area contributed by atoms with Gasteiger partial charge < -0.3 is 5.11 Å². The van der Waals surface area contributed by atoms with Gasteiger partial charge in [0.1, 0.15) is 5.82 Å². The maximum Gasteiger partial charge on any atom is 0.296 e. The molecule has 1 heterocycles. The zero-order chi connectivity index (χ0) is 12.6. The van der Waals surface area contributed by atoms with E-state index in [1.54, 1.807) is 7.05 Å². The van der Waals surface area contributed by atoms with E-state index in [0.29, 0.717) is 5.82 Å². The molecule has 0 bridgehead atoms. The molecule has 0 aromatic carbocycles. The third-order valence-electron chi connectivity index (χ3n) is 3.36. The number of aromatic nitrogens is 2. The SMILES string of the molecule is CC(=O)c1nc(C2CCCC2)n(C)c(=O)c1O. The summed E-state index contributed by atoms with van der Waals surface area (Å²) >= 11 is 0. The zero-order valence-corrected chi connectivity index (χ0v) is 10.1. The van der Waals surface area contributed by atoms with E-state index in [-0.39, 0.29) is 17.4 Å². The largest absolute Gasteiger partial charge is 0.501 e. The quantitative estimate of drug-likeness (QED) is 0.787. The van der Waals surface area contributed by atoms with Gasteiger partial charge in [-0.05, 0) is 12.8 Å². The summed E-state index contributed by atoms with van der Waals surface area (Å²) in [6.07, 6.45) is 4.22. The van der Waals surface area contributed by atoms with Gasteiger partial charge in [-0.25, -0.2) is 4.98 Å². The van der Waals surface area contributed by atoms with Crippen LogP contribution >= 0.6 is 0 Å². The zero-order valence-electron chi connectivity index (χ0n) is 10.1. The minimum absolute atomic E-state index is 0.102. The van der Waals surface area contributed by atoms with E-state index < -0.39 is 11.3 Å². The predicted octanol–water partition coefficient (Wildman–Crippen LogP) is 1.35. The summed E-state index contributed by atoms with van der Waals surface area (Å²) in [6, 6.07) is 0. The fourth-order valence-corrected chi connectivity index (χ4v) is 2.40. The smallest absolute Gasteiger partial charge is 0.296 e. The van der Waals surface area contributed by atoms with Crippen LogP contribution in [0.1, 0.15) is 54.8 Å². The standard InChI is InChI=1S/C12H16N2O3/c1-7(15)9-10(16)12(17)14(2)11(13-9)8-5-3-4-6-8/h8,16H,3-6H2,1-2H3. The molecule has 5 nitrogen and oxygen atoms in total. The Kier molecular flexibility index (Phi) is 3.00. The number of carbonyl (C=O) groups excluding carboxylic acids is 1. The molecule has 0 amide bonds. The molecule has 0 aliphatic heterocycles. The van der Waals surface area contributed by atoms with Gasteiger partial charge >= 0.3 is 0 Å². The Morgan fingerprint density at radius 1 is 1.41 bits per heavy atom. The highest BCUT2D eigenvalue weighted by atomic mass is 16.3. The molecule has 0 saturated heterocycles. The molecular weight excluding hydrogens is 220 g/mol. The third-order valence-corrected chi connectivity index (χ3v) is 3.36. The molecule has 1 saturated carbocycles. The van der Waals surface area contributed by atoms with Crippen LogP contribution in [0.25, 0.3) is 0 Å². The monoisotopic (exact) mass is 236 g/mol. The van der Waals surface area contributed by atoms with E-state index in [1.165, 1.54) is 11.5 Å². The summed E-state index contributed by atoms with van der Waals surface area (Å²) in [5, 5.41) is 9.60. The van der Waals surface area contributed by atoms with Crippen molar-refractivity contribution in [3.05, 3.63) is 21.9 Å². The van der Waals surface area contributed by atoms with Gasteiger partial charge in [0.2, 0.25) is 5.75 Å². The Morgan fingerprint density at radius 2 is 2.00 bits per heavy atom. The second-order valence-electron chi connectivity index (χ2n) is 4.57. The number of rotatable bonds is 2. The van der Waals surface area contributed by atoms with Gasteiger partial charge in [-0.3, -0.25) is 14.2 Å². The molecule has 1 N–H and O–H groups in total. The summed E-state index contributed by atoms with van der Waals surface area (Å²) < 4.78 is 1.36. The Balaban J connectivity index is 2.59. The fourth-order valence-electron chi connectivity index (χ4n) is 2.40. The summed E-state index contributed by atoms with van der Waals surface area (Å²) in [7, 11) is 1.59. The molecule has 92 valence electrons. The van der Waals surface area contributed by atoms with Crippen molar-refractivity contribution in [1.29, 1.82) is 0 Å². The number of aromatic hydroxyl groups is 1. The van der Waals surface area contributed by atoms with Gasteiger partial charge in [-0.15, -0.1) is 0 Å². The maximum absolute atomic E-state index is 11.8. The highest BCUT2D eigenvalue weighted by molar-refractivity contribution is 5.94. The van der Waals surface area contributed by atoms with E-state index in [2.05, 4.69) is 4.98 Å². The van der Waals surface area contributed by atoms with Gasteiger partial charge in [0.15, 0.2) is 11.5 Å². The molecule has 0 unspecified atom stereocenters. The second-order valence-corrected chi connectivity index (χ2v) is 4.57. The minimum Gasteiger partial charge on any atom is -0.501 e. The predicted molar refractivity (Wildman–Crippen MR) is 62.4 cm³/mol. The topological polar surface area (TPSA) is 72.2 Å². The number of ketones is 1. The Labute approximate surface area is 99.1 Å². The van der Waals surface area contributed by atoms with Crippen LogP contribution in [0.15, 0.2) is 4.79 Å². The first-order valence-corrected chi connectivity index (χ1v) is 5.83. The summed E-state index contributed by atoms with van der Waals surface area (Å²) in [5.74, 6) is -0.0666. The first-order valence-electron chi connectivity index (χ1n) is 5.83. The molecule has 0 atom stereocenters. The van der Waals surface area contributed by atoms with E-state index in [9.17, 15) is 14.7 Å². The lowest BCUT2D eigenvalue weighted by atomic mass is 10.1. The number of hydrogen-bond acceptors (Lipinski definition) is 4. The molecule has 1 aromatic heterocycles. The van der Waals surface area contributed by atoms with E-state index in [0.717, 1.165) is 25.7 Å². The second kappa shape index (κ2) is 4.31. The van der Waals surface area contributed by atoms with E-state index in [1.807, 2.05) is 0 Å². The van der Waals surface area contributed by atoms with Crippen molar-refractivity contribution >= 4 is 5.78 Å². The maximum atomic E-state index is 11.8. The molecule has 1 fully saturated rings. The van der Waals surface area contributed by atoms with Crippen LogP contribution in [0.5, 0.6) is 5.75 Å². The molecular formula is C12H16N2O3. The number of hydrogen-bond donors (Lipinski definition) is 1. The lowest BCUT2D eigenvalue weighted by Gasteiger charge is -2.14. The average molecular weight is 236 g/mol. The molecule has 2 rings (SSSR count). The summed E-state index contributed by atoms with van der Waals surface area (Å²) in [6.45, 7) is 1.31.